The van der Waals surface area contributed by atoms with Crippen LogP contribution in [0.3, 0.4) is 0 Å². The van der Waals surface area contributed by atoms with E-state index in [4.69, 9.17) is 18.6 Å². The number of aromatic hydroxyl groups is 3. The molecule has 0 bridgehead atoms. The molecule has 0 radical (unpaired) electrons. The smallest absolute Gasteiger partial charge is 0.312 e. The van der Waals surface area contributed by atoms with Crippen LogP contribution < -0.4 is 19.6 Å². The first-order valence-electron chi connectivity index (χ1n) is 13.2. The van der Waals surface area contributed by atoms with Crippen molar-refractivity contribution in [2.75, 3.05) is 13.7 Å². The Kier molecular flexibility index (Phi) is 6.92. The van der Waals surface area contributed by atoms with E-state index in [0.717, 1.165) is 5.56 Å². The molecule has 0 spiro atoms. The van der Waals surface area contributed by atoms with Gasteiger partial charge in [0.1, 0.15) is 28.2 Å². The van der Waals surface area contributed by atoms with Gasteiger partial charge in [0.25, 0.3) is 0 Å². The van der Waals surface area contributed by atoms with E-state index in [1.54, 1.807) is 12.1 Å². The molecule has 0 saturated heterocycles. The van der Waals surface area contributed by atoms with E-state index in [-0.39, 0.29) is 34.6 Å². The monoisotopic (exact) mass is 566 g/mol. The number of para-hydroxylation sites is 1. The molecule has 0 unspecified atom stereocenters. The highest BCUT2D eigenvalue weighted by atomic mass is 16.5. The Morgan fingerprint density at radius 3 is 2.45 bits per heavy atom. The van der Waals surface area contributed by atoms with Crippen molar-refractivity contribution >= 4 is 16.9 Å². The molecular weight excluding hydrogens is 540 g/mol. The zero-order valence-corrected chi connectivity index (χ0v) is 22.5. The van der Waals surface area contributed by atoms with E-state index in [2.05, 4.69) is 0 Å². The molecule has 42 heavy (non-hydrogen) atoms. The summed E-state index contributed by atoms with van der Waals surface area (Å²) in [5.41, 5.74) is 1.89. The molecule has 5 aromatic rings. The Balaban J connectivity index is 1.51. The first kappa shape index (κ1) is 26.8. The largest absolute Gasteiger partial charge is 0.507 e. The summed E-state index contributed by atoms with van der Waals surface area (Å²) < 4.78 is 23.6. The fraction of sp³-hybridized carbons (Fsp3) is 0.152. The fourth-order valence-electron chi connectivity index (χ4n) is 5.28. The first-order chi connectivity index (χ1) is 20.3. The first-order valence-corrected chi connectivity index (χ1v) is 13.2. The standard InChI is InChI=1S/C33H26O9/c1-39-26-9-5-8-20(32(26)40-13-12-18-6-3-2-4-7-18)21-15-29(38)41-28-17-25(37)31-24(36)16-27(42-33(31)30(21)28)19-10-11-22(34)23(35)14-19/h2-11,14,16-17,21,34-35,37H,12-13,15H2,1H3/t21-/m1/s1. The number of methoxy groups -OCH3 is 1. The van der Waals surface area contributed by atoms with Crippen molar-refractivity contribution in [2.24, 2.45) is 0 Å². The van der Waals surface area contributed by atoms with E-state index >= 15 is 0 Å². The quantitative estimate of drug-likeness (QED) is 0.130. The molecule has 6 rings (SSSR count). The predicted octanol–water partition coefficient (Wildman–Crippen LogP) is 5.65. The molecule has 1 aromatic heterocycles. The second-order valence-electron chi connectivity index (χ2n) is 9.88. The molecular formula is C33H26O9. The molecule has 0 amide bonds. The van der Waals surface area contributed by atoms with Gasteiger partial charge >= 0.3 is 5.97 Å². The number of hydrogen-bond donors (Lipinski definition) is 3. The number of carbonyl (C=O) groups is 1. The minimum absolute atomic E-state index is 0.0237. The number of phenols is 3. The Morgan fingerprint density at radius 2 is 1.69 bits per heavy atom. The maximum absolute atomic E-state index is 13.3. The van der Waals surface area contributed by atoms with Crippen LogP contribution in [0.2, 0.25) is 0 Å². The summed E-state index contributed by atoms with van der Waals surface area (Å²) in [6.07, 6.45) is 0.541. The van der Waals surface area contributed by atoms with Crippen LogP contribution in [0.25, 0.3) is 22.3 Å². The van der Waals surface area contributed by atoms with Crippen molar-refractivity contribution < 1.29 is 38.7 Å². The second kappa shape index (κ2) is 10.9. The lowest BCUT2D eigenvalue weighted by Crippen LogP contribution is -2.22. The van der Waals surface area contributed by atoms with Crippen LogP contribution in [0.4, 0.5) is 0 Å². The molecule has 0 saturated carbocycles. The number of ether oxygens (including phenoxy) is 3. The molecule has 0 fully saturated rings. The fourth-order valence-corrected chi connectivity index (χ4v) is 5.28. The lowest BCUT2D eigenvalue weighted by molar-refractivity contribution is -0.135. The zero-order valence-electron chi connectivity index (χ0n) is 22.5. The molecule has 9 heteroatoms. The zero-order chi connectivity index (χ0) is 29.4. The van der Waals surface area contributed by atoms with Crippen molar-refractivity contribution in [1.82, 2.24) is 0 Å². The number of fused-ring (bicyclic) bond motifs is 3. The van der Waals surface area contributed by atoms with Crippen molar-refractivity contribution in [3.8, 4) is 45.8 Å². The van der Waals surface area contributed by atoms with E-state index in [0.29, 0.717) is 41.2 Å². The van der Waals surface area contributed by atoms with E-state index < -0.39 is 28.8 Å². The molecule has 4 aromatic carbocycles. The van der Waals surface area contributed by atoms with Gasteiger partial charge in [-0.05, 0) is 29.8 Å². The molecule has 1 atom stereocenters. The highest BCUT2D eigenvalue weighted by Crippen LogP contribution is 2.49. The van der Waals surface area contributed by atoms with Gasteiger partial charge in [0, 0.05) is 41.2 Å². The molecule has 0 aliphatic carbocycles. The summed E-state index contributed by atoms with van der Waals surface area (Å²) in [7, 11) is 1.53. The number of esters is 1. The minimum Gasteiger partial charge on any atom is -0.507 e. The van der Waals surface area contributed by atoms with Gasteiger partial charge in [-0.2, -0.15) is 0 Å². The number of phenolic OH excluding ortho intramolecular Hbond substituents is 3. The van der Waals surface area contributed by atoms with Gasteiger partial charge in [0.2, 0.25) is 0 Å². The van der Waals surface area contributed by atoms with Crippen LogP contribution in [0.5, 0.6) is 34.5 Å². The maximum atomic E-state index is 13.3. The normalized spacial score (nSPS) is 14.3. The average Bonchev–Trinajstić information content (AvgIpc) is 2.98. The number of rotatable bonds is 7. The molecule has 1 aliphatic heterocycles. The number of carbonyl (C=O) groups excluding carboxylic acids is 1. The lowest BCUT2D eigenvalue weighted by atomic mass is 9.84. The molecule has 212 valence electrons. The van der Waals surface area contributed by atoms with Gasteiger partial charge in [-0.25, -0.2) is 0 Å². The summed E-state index contributed by atoms with van der Waals surface area (Å²) in [4.78, 5) is 26.1. The van der Waals surface area contributed by atoms with Gasteiger partial charge < -0.3 is 33.9 Å². The van der Waals surface area contributed by atoms with Gasteiger partial charge in [-0.3, -0.25) is 9.59 Å². The van der Waals surface area contributed by atoms with Crippen molar-refractivity contribution in [3.05, 3.63) is 106 Å². The van der Waals surface area contributed by atoms with Crippen molar-refractivity contribution in [2.45, 2.75) is 18.8 Å². The van der Waals surface area contributed by atoms with Gasteiger partial charge in [-0.1, -0.05) is 42.5 Å². The Hall–Kier alpha value is -5.44. The van der Waals surface area contributed by atoms with E-state index in [9.17, 15) is 24.9 Å². The second-order valence-corrected chi connectivity index (χ2v) is 9.88. The van der Waals surface area contributed by atoms with Crippen LogP contribution in [-0.4, -0.2) is 35.0 Å². The van der Waals surface area contributed by atoms with Gasteiger partial charge in [0.05, 0.1) is 20.1 Å². The van der Waals surface area contributed by atoms with E-state index in [1.807, 2.05) is 36.4 Å². The summed E-state index contributed by atoms with van der Waals surface area (Å²) in [5.74, 6) is -1.32. The van der Waals surface area contributed by atoms with Crippen molar-refractivity contribution in [3.63, 3.8) is 0 Å². The van der Waals surface area contributed by atoms with E-state index in [1.165, 1.54) is 37.4 Å². The Labute approximate surface area is 239 Å². The topological polar surface area (TPSA) is 136 Å². The third-order valence-corrected chi connectivity index (χ3v) is 7.27. The predicted molar refractivity (Wildman–Crippen MR) is 154 cm³/mol. The highest BCUT2D eigenvalue weighted by molar-refractivity contribution is 5.93. The van der Waals surface area contributed by atoms with Gasteiger partial charge in [-0.15, -0.1) is 0 Å². The molecule has 3 N–H and O–H groups in total. The Morgan fingerprint density at radius 1 is 0.881 bits per heavy atom. The van der Waals surface area contributed by atoms with Crippen LogP contribution in [-0.2, 0) is 11.2 Å². The average molecular weight is 567 g/mol. The van der Waals surface area contributed by atoms with Gasteiger partial charge in [0.15, 0.2) is 28.4 Å². The van der Waals surface area contributed by atoms with Crippen LogP contribution >= 0.6 is 0 Å². The molecule has 9 nitrogen and oxygen atoms in total. The molecule has 1 aliphatic rings. The van der Waals surface area contributed by atoms with Crippen LogP contribution in [0.15, 0.2) is 88.1 Å². The van der Waals surface area contributed by atoms with Crippen LogP contribution in [0.1, 0.15) is 29.0 Å². The van der Waals surface area contributed by atoms with Crippen LogP contribution in [0, 0.1) is 0 Å². The number of benzene rings is 4. The third kappa shape index (κ3) is 4.85. The summed E-state index contributed by atoms with van der Waals surface area (Å²) in [6, 6.07) is 21.6. The molecule has 2 heterocycles. The Bertz CT molecular complexity index is 1880. The SMILES string of the molecule is COc1cccc([C@H]2CC(=O)Oc3cc(O)c4c(=O)cc(-c5ccc(O)c(O)c5)oc4c32)c1OCCc1ccccc1. The minimum atomic E-state index is -0.683. The summed E-state index contributed by atoms with van der Waals surface area (Å²) >= 11 is 0. The lowest BCUT2D eigenvalue weighted by Gasteiger charge is -2.28. The summed E-state index contributed by atoms with van der Waals surface area (Å²) in [6.45, 7) is 0.335. The number of hydrogen-bond acceptors (Lipinski definition) is 9. The third-order valence-electron chi connectivity index (χ3n) is 7.27. The summed E-state index contributed by atoms with van der Waals surface area (Å²) in [5, 5.41) is 30.5. The highest BCUT2D eigenvalue weighted by Gasteiger charge is 2.36. The maximum Gasteiger partial charge on any atom is 0.312 e. The van der Waals surface area contributed by atoms with Crippen molar-refractivity contribution in [1.29, 1.82) is 0 Å².